The van der Waals surface area contributed by atoms with E-state index in [4.69, 9.17) is 14.2 Å². The average molecular weight is 387 g/mol. The van der Waals surface area contributed by atoms with Gasteiger partial charge in [0, 0.05) is 23.3 Å². The van der Waals surface area contributed by atoms with Gasteiger partial charge in [0.2, 0.25) is 5.75 Å². The Labute approximate surface area is 162 Å². The smallest absolute Gasteiger partial charge is 0.271 e. The molecule has 1 N–H and O–H groups in total. The number of benzene rings is 2. The van der Waals surface area contributed by atoms with Crippen LogP contribution in [0.4, 0.5) is 5.69 Å². The fourth-order valence-electron chi connectivity index (χ4n) is 2.60. The molecule has 0 aliphatic rings. The maximum atomic E-state index is 12.3. The number of nitrogens with zero attached hydrogens (tertiary/aromatic N) is 2. The van der Waals surface area contributed by atoms with Crippen molar-refractivity contribution in [2.45, 2.75) is 13.3 Å². The second-order valence-corrected chi connectivity index (χ2v) is 5.54. The number of nitro benzene ring substituents is 1. The normalized spacial score (nSPS) is 10.9. The molecular weight excluding hydrogens is 366 g/mol. The van der Waals surface area contributed by atoms with Crippen LogP contribution in [0, 0.1) is 10.1 Å². The van der Waals surface area contributed by atoms with Gasteiger partial charge in [-0.2, -0.15) is 5.10 Å². The topological polar surface area (TPSA) is 112 Å². The molecule has 2 aromatic rings. The number of carbonyl (C=O) groups excluding carboxylic acids is 1. The molecule has 28 heavy (non-hydrogen) atoms. The molecule has 0 spiro atoms. The lowest BCUT2D eigenvalue weighted by Crippen LogP contribution is -2.20. The van der Waals surface area contributed by atoms with Crippen molar-refractivity contribution in [1.29, 1.82) is 0 Å². The molecule has 0 fully saturated rings. The van der Waals surface area contributed by atoms with Gasteiger partial charge < -0.3 is 14.2 Å². The van der Waals surface area contributed by atoms with Crippen molar-refractivity contribution in [2.75, 3.05) is 21.3 Å². The Kier molecular flexibility index (Phi) is 6.91. The SMILES string of the molecule is CC/C(=N/NC(=O)c1cccc([N+](=O)[O-])c1)c1ccc(OC)c(OC)c1OC. The molecule has 0 unspecified atom stereocenters. The fourth-order valence-corrected chi connectivity index (χ4v) is 2.60. The number of carbonyl (C=O) groups is 1. The van der Waals surface area contributed by atoms with Crippen LogP contribution in [0.15, 0.2) is 41.5 Å². The Morgan fingerprint density at radius 1 is 1.11 bits per heavy atom. The molecule has 2 rings (SSSR count). The van der Waals surface area contributed by atoms with Crippen molar-refractivity contribution in [2.24, 2.45) is 5.10 Å². The first-order chi connectivity index (χ1) is 13.5. The van der Waals surface area contributed by atoms with E-state index in [1.165, 1.54) is 45.6 Å². The Morgan fingerprint density at radius 3 is 2.39 bits per heavy atom. The first-order valence-corrected chi connectivity index (χ1v) is 8.37. The first-order valence-electron chi connectivity index (χ1n) is 8.37. The fraction of sp³-hybridized carbons (Fsp3) is 0.263. The van der Waals surface area contributed by atoms with E-state index in [-0.39, 0.29) is 11.3 Å². The molecule has 9 heteroatoms. The summed E-state index contributed by atoms with van der Waals surface area (Å²) in [5, 5.41) is 15.0. The summed E-state index contributed by atoms with van der Waals surface area (Å²) in [5.41, 5.74) is 3.56. The maximum Gasteiger partial charge on any atom is 0.271 e. The van der Waals surface area contributed by atoms with Crippen molar-refractivity contribution in [3.8, 4) is 17.2 Å². The van der Waals surface area contributed by atoms with E-state index < -0.39 is 10.8 Å². The highest BCUT2D eigenvalue weighted by atomic mass is 16.6. The van der Waals surface area contributed by atoms with E-state index in [1.807, 2.05) is 6.92 Å². The van der Waals surface area contributed by atoms with Gasteiger partial charge >= 0.3 is 0 Å². The van der Waals surface area contributed by atoms with Crippen LogP contribution in [0.1, 0.15) is 29.3 Å². The van der Waals surface area contributed by atoms with Gasteiger partial charge in [0.1, 0.15) is 0 Å². The molecule has 2 aromatic carbocycles. The molecule has 0 atom stereocenters. The number of methoxy groups -OCH3 is 3. The standard InChI is InChI=1S/C19H21N3O6/c1-5-15(14-9-10-16(26-2)18(28-4)17(14)27-3)20-21-19(23)12-7-6-8-13(11-12)22(24)25/h6-11H,5H2,1-4H3,(H,21,23)/b20-15-. The summed E-state index contributed by atoms with van der Waals surface area (Å²) in [7, 11) is 4.51. The molecule has 0 bridgehead atoms. The molecular formula is C19H21N3O6. The molecule has 0 aliphatic carbocycles. The van der Waals surface area contributed by atoms with Gasteiger partial charge in [-0.3, -0.25) is 14.9 Å². The lowest BCUT2D eigenvalue weighted by atomic mass is 10.1. The predicted molar refractivity (Wildman–Crippen MR) is 103 cm³/mol. The van der Waals surface area contributed by atoms with Crippen molar-refractivity contribution in [1.82, 2.24) is 5.43 Å². The van der Waals surface area contributed by atoms with Crippen LogP contribution in [0.2, 0.25) is 0 Å². The zero-order valence-electron chi connectivity index (χ0n) is 16.0. The summed E-state index contributed by atoms with van der Waals surface area (Å²) in [5.74, 6) is 0.772. The molecule has 0 aromatic heterocycles. The van der Waals surface area contributed by atoms with Crippen LogP contribution >= 0.6 is 0 Å². The van der Waals surface area contributed by atoms with E-state index in [0.29, 0.717) is 34.9 Å². The summed E-state index contributed by atoms with van der Waals surface area (Å²) in [6.45, 7) is 1.87. The van der Waals surface area contributed by atoms with Gasteiger partial charge in [-0.05, 0) is 24.6 Å². The van der Waals surface area contributed by atoms with Crippen LogP contribution < -0.4 is 19.6 Å². The van der Waals surface area contributed by atoms with Gasteiger partial charge in [-0.1, -0.05) is 13.0 Å². The third-order valence-corrected chi connectivity index (χ3v) is 3.96. The van der Waals surface area contributed by atoms with E-state index in [2.05, 4.69) is 10.5 Å². The zero-order chi connectivity index (χ0) is 20.7. The average Bonchev–Trinajstić information content (AvgIpc) is 2.73. The summed E-state index contributed by atoms with van der Waals surface area (Å²) in [6.07, 6.45) is 0.487. The minimum absolute atomic E-state index is 0.132. The highest BCUT2D eigenvalue weighted by molar-refractivity contribution is 6.05. The summed E-state index contributed by atoms with van der Waals surface area (Å²) in [6, 6.07) is 8.88. The molecule has 148 valence electrons. The molecule has 0 aliphatic heterocycles. The Hall–Kier alpha value is -3.62. The third kappa shape index (κ3) is 4.37. The number of rotatable bonds is 8. The number of nitro groups is 1. The molecule has 0 saturated heterocycles. The third-order valence-electron chi connectivity index (χ3n) is 3.96. The van der Waals surface area contributed by atoms with E-state index in [1.54, 1.807) is 12.1 Å². The van der Waals surface area contributed by atoms with Gasteiger partial charge in [-0.25, -0.2) is 5.43 Å². The van der Waals surface area contributed by atoms with Crippen LogP contribution in [-0.4, -0.2) is 37.9 Å². The van der Waals surface area contributed by atoms with Crippen LogP contribution in [0.3, 0.4) is 0 Å². The lowest BCUT2D eigenvalue weighted by Gasteiger charge is -2.16. The monoisotopic (exact) mass is 387 g/mol. The largest absolute Gasteiger partial charge is 0.493 e. The van der Waals surface area contributed by atoms with Gasteiger partial charge in [0.15, 0.2) is 11.5 Å². The quantitative estimate of drug-likeness (QED) is 0.423. The van der Waals surface area contributed by atoms with Gasteiger partial charge in [0.05, 0.1) is 32.0 Å². The second kappa shape index (κ2) is 9.36. The second-order valence-electron chi connectivity index (χ2n) is 5.54. The van der Waals surface area contributed by atoms with Crippen molar-refractivity contribution in [3.05, 3.63) is 57.6 Å². The van der Waals surface area contributed by atoms with Gasteiger partial charge in [0.25, 0.3) is 11.6 Å². The van der Waals surface area contributed by atoms with Crippen LogP contribution in [0.5, 0.6) is 17.2 Å². The van der Waals surface area contributed by atoms with E-state index >= 15 is 0 Å². The number of hydrogen-bond donors (Lipinski definition) is 1. The predicted octanol–water partition coefficient (Wildman–Crippen LogP) is 3.16. The summed E-state index contributed by atoms with van der Waals surface area (Å²) < 4.78 is 16.1. The Morgan fingerprint density at radius 2 is 1.82 bits per heavy atom. The number of hydrazone groups is 1. The minimum Gasteiger partial charge on any atom is -0.493 e. The number of non-ortho nitro benzene ring substituents is 1. The van der Waals surface area contributed by atoms with E-state index in [0.717, 1.165) is 0 Å². The number of amides is 1. The summed E-state index contributed by atoms with van der Waals surface area (Å²) >= 11 is 0. The van der Waals surface area contributed by atoms with Gasteiger partial charge in [-0.15, -0.1) is 0 Å². The highest BCUT2D eigenvalue weighted by Crippen LogP contribution is 2.40. The van der Waals surface area contributed by atoms with Crippen molar-refractivity contribution in [3.63, 3.8) is 0 Å². The summed E-state index contributed by atoms with van der Waals surface area (Å²) in [4.78, 5) is 22.6. The number of hydrogen-bond acceptors (Lipinski definition) is 7. The van der Waals surface area contributed by atoms with Crippen LogP contribution in [0.25, 0.3) is 0 Å². The molecule has 0 heterocycles. The zero-order valence-corrected chi connectivity index (χ0v) is 16.0. The number of ether oxygens (including phenoxy) is 3. The highest BCUT2D eigenvalue weighted by Gasteiger charge is 2.19. The number of nitrogens with one attached hydrogen (secondary N) is 1. The van der Waals surface area contributed by atoms with Crippen molar-refractivity contribution < 1.29 is 23.9 Å². The molecule has 1 amide bonds. The Bertz CT molecular complexity index is 911. The maximum absolute atomic E-state index is 12.3. The van der Waals surface area contributed by atoms with E-state index in [9.17, 15) is 14.9 Å². The first kappa shape index (κ1) is 20.7. The molecule has 0 radical (unpaired) electrons. The molecule has 9 nitrogen and oxygen atoms in total. The van der Waals surface area contributed by atoms with Crippen LogP contribution in [-0.2, 0) is 0 Å². The molecule has 0 saturated carbocycles. The van der Waals surface area contributed by atoms with Crippen molar-refractivity contribution >= 4 is 17.3 Å². The Balaban J connectivity index is 2.35. The lowest BCUT2D eigenvalue weighted by molar-refractivity contribution is -0.384. The minimum atomic E-state index is -0.563.